The Morgan fingerprint density at radius 3 is 2.05 bits per heavy atom. The summed E-state index contributed by atoms with van der Waals surface area (Å²) < 4.78 is 0. The van der Waals surface area contributed by atoms with Crippen molar-refractivity contribution in [3.63, 3.8) is 0 Å². The van der Waals surface area contributed by atoms with Crippen molar-refractivity contribution >= 4 is 28.6 Å². The maximum Gasteiger partial charge on any atom is 0.293 e. The monoisotopic (exact) mass is 269 g/mol. The zero-order chi connectivity index (χ0) is 13.2. The third-order valence-corrected chi connectivity index (χ3v) is 3.80. The Morgan fingerprint density at radius 1 is 0.842 bits per heavy atom. The first-order valence-corrected chi connectivity index (χ1v) is 6.89. The molecule has 0 saturated carbocycles. The van der Waals surface area contributed by atoms with E-state index in [1.54, 1.807) is 0 Å². The molecule has 0 aromatic heterocycles. The van der Waals surface area contributed by atoms with Crippen LogP contribution in [-0.4, -0.2) is 16.9 Å². The van der Waals surface area contributed by atoms with Crippen molar-refractivity contribution in [1.82, 2.24) is 0 Å². The fourth-order valence-electron chi connectivity index (χ4n) is 2.04. The first kappa shape index (κ1) is 12.0. The van der Waals surface area contributed by atoms with E-state index in [1.807, 2.05) is 54.6 Å². The quantitative estimate of drug-likeness (QED) is 0.836. The van der Waals surface area contributed by atoms with Crippen molar-refractivity contribution in [3.05, 3.63) is 54.6 Å². The molecular weight excluding hydrogens is 258 g/mol. The van der Waals surface area contributed by atoms with E-state index in [1.165, 1.54) is 4.90 Å². The second-order valence-electron chi connectivity index (χ2n) is 4.20. The molecule has 2 aromatic carbocycles. The summed E-state index contributed by atoms with van der Waals surface area (Å²) in [4.78, 5) is 24.5. The van der Waals surface area contributed by atoms with Gasteiger partial charge in [0.25, 0.3) is 5.24 Å². The molecule has 3 rings (SSSR count). The van der Waals surface area contributed by atoms with Crippen LogP contribution in [0.25, 0.3) is 11.1 Å². The Hall–Kier alpha value is -2.07. The van der Waals surface area contributed by atoms with E-state index in [-0.39, 0.29) is 16.9 Å². The molecule has 3 nitrogen and oxygen atoms in total. The Morgan fingerprint density at radius 2 is 1.47 bits per heavy atom. The molecule has 1 saturated heterocycles. The first-order valence-electron chi connectivity index (χ1n) is 5.91. The fourth-order valence-corrected chi connectivity index (χ4v) is 2.75. The summed E-state index contributed by atoms with van der Waals surface area (Å²) in [6.07, 6.45) is 0. The highest BCUT2D eigenvalue weighted by Crippen LogP contribution is 2.28. The lowest BCUT2D eigenvalue weighted by atomic mass is 10.1. The molecule has 1 fully saturated rings. The lowest BCUT2D eigenvalue weighted by Gasteiger charge is -2.13. The van der Waals surface area contributed by atoms with Gasteiger partial charge in [-0.1, -0.05) is 54.2 Å². The summed E-state index contributed by atoms with van der Waals surface area (Å²) in [6.45, 7) is 0. The van der Waals surface area contributed by atoms with Gasteiger partial charge in [-0.3, -0.25) is 9.59 Å². The van der Waals surface area contributed by atoms with Crippen molar-refractivity contribution in [2.24, 2.45) is 0 Å². The molecule has 94 valence electrons. The van der Waals surface area contributed by atoms with Crippen LogP contribution in [0.3, 0.4) is 0 Å². The number of hydrogen-bond donors (Lipinski definition) is 0. The van der Waals surface area contributed by atoms with Crippen LogP contribution in [0.2, 0.25) is 0 Å². The van der Waals surface area contributed by atoms with E-state index >= 15 is 0 Å². The van der Waals surface area contributed by atoms with E-state index in [9.17, 15) is 9.59 Å². The predicted octanol–water partition coefficient (Wildman–Crippen LogP) is 3.55. The minimum Gasteiger partial charge on any atom is -0.273 e. The summed E-state index contributed by atoms with van der Waals surface area (Å²) in [5.41, 5.74) is 2.82. The normalized spacial score (nSPS) is 15.1. The van der Waals surface area contributed by atoms with E-state index < -0.39 is 0 Å². The van der Waals surface area contributed by atoms with Crippen LogP contribution in [0.4, 0.5) is 10.5 Å². The maximum atomic E-state index is 11.6. The molecule has 2 amide bonds. The topological polar surface area (TPSA) is 37.4 Å². The Bertz CT molecular complexity index is 606. The minimum atomic E-state index is -0.197. The Kier molecular flexibility index (Phi) is 3.09. The van der Waals surface area contributed by atoms with Crippen LogP contribution < -0.4 is 4.90 Å². The van der Waals surface area contributed by atoms with Crippen LogP contribution in [0.5, 0.6) is 0 Å². The molecule has 0 radical (unpaired) electrons. The van der Waals surface area contributed by atoms with Crippen LogP contribution in [0.15, 0.2) is 54.6 Å². The lowest BCUT2D eigenvalue weighted by molar-refractivity contribution is -0.115. The van der Waals surface area contributed by atoms with Gasteiger partial charge in [0.15, 0.2) is 0 Å². The molecule has 1 heterocycles. The first-order chi connectivity index (χ1) is 9.25. The molecule has 1 aliphatic heterocycles. The highest BCUT2D eigenvalue weighted by Gasteiger charge is 2.31. The van der Waals surface area contributed by atoms with Crippen LogP contribution in [0.1, 0.15) is 0 Å². The molecule has 19 heavy (non-hydrogen) atoms. The molecule has 0 spiro atoms. The second-order valence-corrected chi connectivity index (χ2v) is 5.12. The van der Waals surface area contributed by atoms with Gasteiger partial charge in [0.1, 0.15) is 0 Å². The molecule has 0 bridgehead atoms. The van der Waals surface area contributed by atoms with Gasteiger partial charge in [-0.05, 0) is 23.3 Å². The van der Waals surface area contributed by atoms with Crippen molar-refractivity contribution < 1.29 is 9.59 Å². The highest BCUT2D eigenvalue weighted by molar-refractivity contribution is 8.15. The van der Waals surface area contributed by atoms with E-state index in [4.69, 9.17) is 0 Å². The van der Waals surface area contributed by atoms with E-state index in [2.05, 4.69) is 0 Å². The van der Waals surface area contributed by atoms with Gasteiger partial charge in [-0.25, -0.2) is 4.90 Å². The van der Waals surface area contributed by atoms with E-state index in [0.717, 1.165) is 22.9 Å². The molecule has 1 aliphatic rings. The molecule has 0 N–H and O–H groups in total. The SMILES string of the molecule is O=C1CSC(=O)N1c1ccc(-c2ccccc2)cc1. The van der Waals surface area contributed by atoms with Gasteiger partial charge in [-0.2, -0.15) is 0 Å². The predicted molar refractivity (Wildman–Crippen MR) is 77.2 cm³/mol. The highest BCUT2D eigenvalue weighted by atomic mass is 32.2. The number of hydrogen-bond acceptors (Lipinski definition) is 3. The Balaban J connectivity index is 1.91. The molecule has 4 heteroatoms. The largest absolute Gasteiger partial charge is 0.293 e. The van der Waals surface area contributed by atoms with Crippen molar-refractivity contribution in [3.8, 4) is 11.1 Å². The van der Waals surface area contributed by atoms with Gasteiger partial charge >= 0.3 is 0 Å². The molecule has 0 unspecified atom stereocenters. The number of rotatable bonds is 2. The van der Waals surface area contributed by atoms with Gasteiger partial charge in [0.05, 0.1) is 11.4 Å². The minimum absolute atomic E-state index is 0.150. The molecule has 0 atom stereocenters. The molecule has 2 aromatic rings. The summed E-state index contributed by atoms with van der Waals surface area (Å²) in [5, 5.41) is -0.197. The summed E-state index contributed by atoms with van der Waals surface area (Å²) in [5.74, 6) is 0.0849. The number of nitrogens with zero attached hydrogens (tertiary/aromatic N) is 1. The van der Waals surface area contributed by atoms with Gasteiger partial charge in [0.2, 0.25) is 5.91 Å². The summed E-state index contributed by atoms with van der Waals surface area (Å²) in [6, 6.07) is 17.4. The number of imide groups is 1. The third-order valence-electron chi connectivity index (χ3n) is 2.98. The van der Waals surface area contributed by atoms with Gasteiger partial charge in [0, 0.05) is 0 Å². The zero-order valence-electron chi connectivity index (χ0n) is 10.1. The number of thioether (sulfide) groups is 1. The fraction of sp³-hybridized carbons (Fsp3) is 0.0667. The van der Waals surface area contributed by atoms with Gasteiger partial charge < -0.3 is 0 Å². The van der Waals surface area contributed by atoms with Crippen molar-refractivity contribution in [1.29, 1.82) is 0 Å². The maximum absolute atomic E-state index is 11.6. The lowest BCUT2D eigenvalue weighted by Crippen LogP contribution is -2.27. The number of carbonyl (C=O) groups excluding carboxylic acids is 2. The third kappa shape index (κ3) is 2.27. The summed E-state index contributed by atoms with van der Waals surface area (Å²) >= 11 is 1.05. The molecule has 0 aliphatic carbocycles. The van der Waals surface area contributed by atoms with Gasteiger partial charge in [-0.15, -0.1) is 0 Å². The summed E-state index contributed by atoms with van der Waals surface area (Å²) in [7, 11) is 0. The number of anilines is 1. The number of benzene rings is 2. The van der Waals surface area contributed by atoms with Crippen molar-refractivity contribution in [2.75, 3.05) is 10.7 Å². The smallest absolute Gasteiger partial charge is 0.273 e. The zero-order valence-corrected chi connectivity index (χ0v) is 10.9. The van der Waals surface area contributed by atoms with Crippen molar-refractivity contribution in [2.45, 2.75) is 0 Å². The number of amides is 2. The Labute approximate surface area is 115 Å². The number of carbonyl (C=O) groups is 2. The standard InChI is InChI=1S/C15H11NO2S/c17-14-10-19-15(18)16(14)13-8-6-12(7-9-13)11-4-2-1-3-5-11/h1-9H,10H2. The average molecular weight is 269 g/mol. The van der Waals surface area contributed by atoms with E-state index in [0.29, 0.717) is 5.69 Å². The van der Waals surface area contributed by atoms with Crippen LogP contribution >= 0.6 is 11.8 Å². The molecular formula is C15H11NO2S. The van der Waals surface area contributed by atoms with Crippen LogP contribution in [-0.2, 0) is 4.79 Å². The second kappa shape index (κ2) is 4.90. The average Bonchev–Trinajstić information content (AvgIpc) is 2.79. The van der Waals surface area contributed by atoms with Crippen LogP contribution in [0, 0.1) is 0 Å².